The zero-order chi connectivity index (χ0) is 18.4. The van der Waals surface area contributed by atoms with E-state index in [1.165, 1.54) is 66.6 Å². The summed E-state index contributed by atoms with van der Waals surface area (Å²) in [6, 6.07) is 5.84. The number of aromatic nitrogens is 1. The Morgan fingerprint density at radius 2 is 1.92 bits per heavy atom. The van der Waals surface area contributed by atoms with E-state index in [0.29, 0.717) is 11.6 Å². The standard InChI is InChI=1S/C19H21FN2O2S2/c20-14-8-6-13(7-9-14)17(23)12-26-19-22-16(11-25-19)10-18(24)21-15-4-2-1-3-5-15/h6-9,11,15H,1-5,10,12H2,(H,21,24). The van der Waals surface area contributed by atoms with Gasteiger partial charge in [0.05, 0.1) is 17.9 Å². The number of thiazole rings is 1. The van der Waals surface area contributed by atoms with Crippen molar-refractivity contribution in [2.45, 2.75) is 48.9 Å². The predicted molar refractivity (Wildman–Crippen MR) is 102 cm³/mol. The molecule has 0 aliphatic heterocycles. The van der Waals surface area contributed by atoms with Gasteiger partial charge < -0.3 is 5.32 Å². The van der Waals surface area contributed by atoms with Crippen LogP contribution in [0.5, 0.6) is 0 Å². The smallest absolute Gasteiger partial charge is 0.226 e. The van der Waals surface area contributed by atoms with Crippen molar-refractivity contribution < 1.29 is 14.0 Å². The van der Waals surface area contributed by atoms with Gasteiger partial charge >= 0.3 is 0 Å². The first-order valence-corrected chi connectivity index (χ1v) is 10.6. The van der Waals surface area contributed by atoms with Crippen LogP contribution in [-0.4, -0.2) is 28.5 Å². The number of hydrogen-bond donors (Lipinski definition) is 1. The first kappa shape index (κ1) is 19.0. The van der Waals surface area contributed by atoms with E-state index >= 15 is 0 Å². The minimum Gasteiger partial charge on any atom is -0.353 e. The zero-order valence-corrected chi connectivity index (χ0v) is 16.0. The highest BCUT2D eigenvalue weighted by atomic mass is 32.2. The Balaban J connectivity index is 1.46. The lowest BCUT2D eigenvalue weighted by Gasteiger charge is -2.22. The number of amides is 1. The molecule has 26 heavy (non-hydrogen) atoms. The third-order valence-corrected chi connectivity index (χ3v) is 6.41. The molecule has 4 nitrogen and oxygen atoms in total. The highest BCUT2D eigenvalue weighted by Gasteiger charge is 2.17. The summed E-state index contributed by atoms with van der Waals surface area (Å²) in [4.78, 5) is 28.7. The summed E-state index contributed by atoms with van der Waals surface area (Å²) < 4.78 is 13.7. The van der Waals surface area contributed by atoms with Crippen LogP contribution in [0.25, 0.3) is 0 Å². The SMILES string of the molecule is O=C(Cc1csc(SCC(=O)c2ccc(F)cc2)n1)NC1CCCCC1. The highest BCUT2D eigenvalue weighted by Crippen LogP contribution is 2.24. The van der Waals surface area contributed by atoms with Crippen LogP contribution in [0, 0.1) is 5.82 Å². The molecule has 1 heterocycles. The first-order valence-electron chi connectivity index (χ1n) is 8.75. The van der Waals surface area contributed by atoms with E-state index in [1.807, 2.05) is 5.38 Å². The van der Waals surface area contributed by atoms with Crippen LogP contribution in [-0.2, 0) is 11.2 Å². The van der Waals surface area contributed by atoms with Gasteiger partial charge in [-0.15, -0.1) is 11.3 Å². The Kier molecular flexibility index (Phi) is 6.80. The molecule has 1 aromatic carbocycles. The fourth-order valence-electron chi connectivity index (χ4n) is 2.97. The number of thioether (sulfide) groups is 1. The first-order chi connectivity index (χ1) is 12.6. The van der Waals surface area contributed by atoms with E-state index in [0.717, 1.165) is 22.9 Å². The average molecular weight is 393 g/mol. The van der Waals surface area contributed by atoms with E-state index in [-0.39, 0.29) is 29.7 Å². The maximum absolute atomic E-state index is 12.9. The number of Topliss-reactive ketones (excluding diaryl/α,β-unsaturated/α-hetero) is 1. The summed E-state index contributed by atoms with van der Waals surface area (Å²) in [7, 11) is 0. The van der Waals surface area contributed by atoms with Gasteiger partial charge in [0.25, 0.3) is 0 Å². The Morgan fingerprint density at radius 3 is 2.65 bits per heavy atom. The van der Waals surface area contributed by atoms with Crippen molar-refractivity contribution in [2.24, 2.45) is 0 Å². The fraction of sp³-hybridized carbons (Fsp3) is 0.421. The number of benzene rings is 1. The molecular weight excluding hydrogens is 371 g/mol. The summed E-state index contributed by atoms with van der Waals surface area (Å²) in [6.45, 7) is 0. The number of nitrogens with one attached hydrogen (secondary N) is 1. The second-order valence-corrected chi connectivity index (χ2v) is 8.48. The number of carbonyl (C=O) groups is 2. The molecule has 0 saturated heterocycles. The average Bonchev–Trinajstić information content (AvgIpc) is 3.08. The second-order valence-electron chi connectivity index (χ2n) is 6.40. The van der Waals surface area contributed by atoms with Gasteiger partial charge in [-0.25, -0.2) is 9.37 Å². The van der Waals surface area contributed by atoms with Crippen molar-refractivity contribution in [1.29, 1.82) is 0 Å². The van der Waals surface area contributed by atoms with Crippen molar-refractivity contribution in [3.05, 3.63) is 46.7 Å². The monoisotopic (exact) mass is 392 g/mol. The van der Waals surface area contributed by atoms with Gasteiger partial charge in [0, 0.05) is 17.0 Å². The number of rotatable bonds is 7. The molecule has 7 heteroatoms. The summed E-state index contributed by atoms with van der Waals surface area (Å²) in [6.07, 6.45) is 6.04. The third kappa shape index (κ3) is 5.64. The Hall–Kier alpha value is -1.73. The molecule has 1 N–H and O–H groups in total. The molecule has 1 saturated carbocycles. The summed E-state index contributed by atoms with van der Waals surface area (Å²) in [5.41, 5.74) is 1.22. The van der Waals surface area contributed by atoms with Gasteiger partial charge in [-0.05, 0) is 37.1 Å². The van der Waals surface area contributed by atoms with Gasteiger partial charge in [-0.3, -0.25) is 9.59 Å². The predicted octanol–water partition coefficient (Wildman–Crippen LogP) is 4.25. The largest absolute Gasteiger partial charge is 0.353 e. The molecular formula is C19H21FN2O2S2. The highest BCUT2D eigenvalue weighted by molar-refractivity contribution is 8.01. The molecule has 1 fully saturated rings. The van der Waals surface area contributed by atoms with Crippen LogP contribution in [0.3, 0.4) is 0 Å². The van der Waals surface area contributed by atoms with Crippen LogP contribution in [0.1, 0.15) is 48.2 Å². The summed E-state index contributed by atoms with van der Waals surface area (Å²) in [5, 5.41) is 4.95. The third-order valence-electron chi connectivity index (χ3n) is 4.34. The molecule has 1 aromatic heterocycles. The van der Waals surface area contributed by atoms with Crippen LogP contribution >= 0.6 is 23.1 Å². The van der Waals surface area contributed by atoms with Gasteiger partial charge in [0.15, 0.2) is 10.1 Å². The van der Waals surface area contributed by atoms with E-state index in [1.54, 1.807) is 0 Å². The maximum Gasteiger partial charge on any atom is 0.226 e. The van der Waals surface area contributed by atoms with Crippen molar-refractivity contribution in [3.8, 4) is 0 Å². The van der Waals surface area contributed by atoms with Crippen molar-refractivity contribution in [2.75, 3.05) is 5.75 Å². The van der Waals surface area contributed by atoms with Gasteiger partial charge in [0.2, 0.25) is 5.91 Å². The number of nitrogens with zero attached hydrogens (tertiary/aromatic N) is 1. The van der Waals surface area contributed by atoms with Gasteiger partial charge in [0.1, 0.15) is 5.82 Å². The minimum atomic E-state index is -0.356. The lowest BCUT2D eigenvalue weighted by molar-refractivity contribution is -0.121. The molecule has 2 aromatic rings. The van der Waals surface area contributed by atoms with Gasteiger partial charge in [-0.1, -0.05) is 31.0 Å². The molecule has 0 radical (unpaired) electrons. The number of carbonyl (C=O) groups excluding carboxylic acids is 2. The Labute approximate surface area is 160 Å². The van der Waals surface area contributed by atoms with Crippen molar-refractivity contribution in [1.82, 2.24) is 10.3 Å². The Bertz CT molecular complexity index is 755. The van der Waals surface area contributed by atoms with Crippen LogP contribution in [0.4, 0.5) is 4.39 Å². The number of hydrogen-bond acceptors (Lipinski definition) is 5. The van der Waals surface area contributed by atoms with Crippen LogP contribution in [0.2, 0.25) is 0 Å². The van der Waals surface area contributed by atoms with Crippen LogP contribution < -0.4 is 5.32 Å². The lowest BCUT2D eigenvalue weighted by atomic mass is 9.95. The van der Waals surface area contributed by atoms with Crippen molar-refractivity contribution >= 4 is 34.8 Å². The number of ketones is 1. The van der Waals surface area contributed by atoms with E-state index in [4.69, 9.17) is 0 Å². The maximum atomic E-state index is 12.9. The fourth-order valence-corrected chi connectivity index (χ4v) is 4.71. The molecule has 1 aliphatic rings. The normalized spacial score (nSPS) is 15.0. The number of halogens is 1. The molecule has 0 unspecified atom stereocenters. The second kappa shape index (κ2) is 9.28. The van der Waals surface area contributed by atoms with E-state index in [9.17, 15) is 14.0 Å². The quantitative estimate of drug-likeness (QED) is 0.565. The van der Waals surface area contributed by atoms with Crippen molar-refractivity contribution in [3.63, 3.8) is 0 Å². The molecule has 0 atom stereocenters. The van der Waals surface area contributed by atoms with Gasteiger partial charge in [-0.2, -0.15) is 0 Å². The van der Waals surface area contributed by atoms with E-state index < -0.39 is 0 Å². The van der Waals surface area contributed by atoms with E-state index in [2.05, 4.69) is 10.3 Å². The molecule has 1 aliphatic carbocycles. The topological polar surface area (TPSA) is 59.1 Å². The lowest BCUT2D eigenvalue weighted by Crippen LogP contribution is -2.37. The van der Waals surface area contributed by atoms with Crippen LogP contribution in [0.15, 0.2) is 34.0 Å². The Morgan fingerprint density at radius 1 is 1.19 bits per heavy atom. The molecule has 1 amide bonds. The summed E-state index contributed by atoms with van der Waals surface area (Å²) in [5.74, 6) is -0.166. The minimum absolute atomic E-state index is 0.0149. The molecule has 138 valence electrons. The summed E-state index contributed by atoms with van der Waals surface area (Å²) >= 11 is 2.78. The molecule has 3 rings (SSSR count). The molecule has 0 spiro atoms. The molecule has 0 bridgehead atoms. The zero-order valence-electron chi connectivity index (χ0n) is 14.4.